The minimum Gasteiger partial charge on any atom is -0.497 e. The van der Waals surface area contributed by atoms with Gasteiger partial charge >= 0.3 is 0 Å². The Balaban J connectivity index is 1.59. The fourth-order valence-electron chi connectivity index (χ4n) is 3.53. The summed E-state index contributed by atoms with van der Waals surface area (Å²) in [5, 5.41) is 5.47. The number of aromatic nitrogens is 2. The summed E-state index contributed by atoms with van der Waals surface area (Å²) >= 11 is 1.11. The van der Waals surface area contributed by atoms with E-state index >= 15 is 0 Å². The molecule has 3 aromatic rings. The lowest BCUT2D eigenvalue weighted by molar-refractivity contribution is -0.123. The predicted molar refractivity (Wildman–Crippen MR) is 125 cm³/mol. The molecular formula is C23H21FN4O5S. The molecule has 11 heteroatoms. The van der Waals surface area contributed by atoms with Crippen LogP contribution >= 0.6 is 11.8 Å². The van der Waals surface area contributed by atoms with Gasteiger partial charge in [0.15, 0.2) is 5.16 Å². The average Bonchev–Trinajstić information content (AvgIpc) is 2.83. The minimum absolute atomic E-state index is 0.0119. The van der Waals surface area contributed by atoms with Crippen LogP contribution < -0.4 is 25.7 Å². The Morgan fingerprint density at radius 1 is 1.21 bits per heavy atom. The van der Waals surface area contributed by atoms with E-state index in [1.165, 1.54) is 20.3 Å². The number of amides is 2. The summed E-state index contributed by atoms with van der Waals surface area (Å²) in [4.78, 5) is 45.2. The smallest absolute Gasteiger partial charge is 0.257 e. The molecule has 1 aliphatic rings. The highest BCUT2D eigenvalue weighted by Gasteiger charge is 2.35. The lowest BCUT2D eigenvalue weighted by atomic mass is 9.92. The Kier molecular flexibility index (Phi) is 6.82. The maximum absolute atomic E-state index is 13.9. The van der Waals surface area contributed by atoms with Crippen LogP contribution in [0, 0.1) is 5.82 Å². The number of thioether (sulfide) groups is 1. The number of hydrogen-bond donors (Lipinski definition) is 3. The molecule has 2 heterocycles. The van der Waals surface area contributed by atoms with Crippen LogP contribution in [-0.2, 0) is 15.3 Å². The molecule has 0 spiro atoms. The quantitative estimate of drug-likeness (QED) is 0.347. The van der Waals surface area contributed by atoms with Gasteiger partial charge in [0, 0.05) is 18.2 Å². The zero-order valence-corrected chi connectivity index (χ0v) is 19.1. The van der Waals surface area contributed by atoms with Crippen molar-refractivity contribution in [2.45, 2.75) is 23.2 Å². The van der Waals surface area contributed by atoms with Crippen LogP contribution in [-0.4, -0.2) is 36.0 Å². The molecule has 3 N–H and O–H groups in total. The van der Waals surface area contributed by atoms with E-state index in [9.17, 15) is 18.8 Å². The number of H-pyrrole nitrogens is 1. The highest BCUT2D eigenvalue weighted by atomic mass is 32.2. The molecule has 0 fully saturated rings. The summed E-state index contributed by atoms with van der Waals surface area (Å²) in [5.41, 5.74) is 0.313. The Morgan fingerprint density at radius 2 is 2.00 bits per heavy atom. The van der Waals surface area contributed by atoms with Gasteiger partial charge in [-0.15, -0.1) is 0 Å². The molecule has 4 rings (SSSR count). The number of halogens is 1. The Bertz CT molecular complexity index is 1310. The van der Waals surface area contributed by atoms with Crippen molar-refractivity contribution in [3.05, 3.63) is 69.8 Å². The van der Waals surface area contributed by atoms with Crippen molar-refractivity contribution >= 4 is 35.1 Å². The van der Waals surface area contributed by atoms with Gasteiger partial charge in [-0.3, -0.25) is 14.4 Å². The number of methoxy groups -OCH3 is 2. The summed E-state index contributed by atoms with van der Waals surface area (Å²) in [7, 11) is 2.95. The van der Waals surface area contributed by atoms with Crippen LogP contribution in [0.4, 0.5) is 15.9 Å². The van der Waals surface area contributed by atoms with E-state index in [0.717, 1.165) is 11.8 Å². The fraction of sp³-hybridized carbons (Fsp3) is 0.217. The van der Waals surface area contributed by atoms with Crippen LogP contribution in [0.2, 0.25) is 0 Å². The number of aromatic amines is 1. The van der Waals surface area contributed by atoms with Crippen LogP contribution in [0.5, 0.6) is 11.5 Å². The molecule has 0 saturated carbocycles. The Hall–Kier alpha value is -3.86. The van der Waals surface area contributed by atoms with Gasteiger partial charge in [-0.05, 0) is 23.8 Å². The molecule has 1 aromatic heterocycles. The van der Waals surface area contributed by atoms with Crippen LogP contribution in [0.25, 0.3) is 0 Å². The number of rotatable bonds is 7. The van der Waals surface area contributed by atoms with E-state index in [4.69, 9.17) is 9.47 Å². The van der Waals surface area contributed by atoms with Gasteiger partial charge in [0.05, 0.1) is 31.4 Å². The summed E-state index contributed by atoms with van der Waals surface area (Å²) in [6.45, 7) is 0. The number of fused-ring (bicyclic) bond motifs is 1. The lowest BCUT2D eigenvalue weighted by Crippen LogP contribution is -2.36. The van der Waals surface area contributed by atoms with Crippen molar-refractivity contribution in [2.75, 3.05) is 24.9 Å². The second-order valence-corrected chi connectivity index (χ2v) is 8.34. The third-order valence-corrected chi connectivity index (χ3v) is 6.16. The molecule has 2 amide bonds. The standard InChI is InChI=1S/C23H21FN4O5S/c1-32-13-7-8-16(17(9-13)33-2)25-21(30)14-10-18(29)26-20-19(14)22(31)28-23(27-20)34-11-12-5-3-4-6-15(12)24/h3-9,14H,10-11H2,1-2H3,(H,25,30)(H2,26,27,28,29,31)/t14-/m1/s1. The summed E-state index contributed by atoms with van der Waals surface area (Å²) in [5.74, 6) is -1.29. The van der Waals surface area contributed by atoms with E-state index in [1.54, 1.807) is 36.4 Å². The molecule has 0 radical (unpaired) electrons. The monoisotopic (exact) mass is 484 g/mol. The van der Waals surface area contributed by atoms with E-state index in [-0.39, 0.29) is 34.5 Å². The van der Waals surface area contributed by atoms with Crippen LogP contribution in [0.15, 0.2) is 52.4 Å². The third kappa shape index (κ3) is 4.88. The highest BCUT2D eigenvalue weighted by Crippen LogP contribution is 2.34. The van der Waals surface area contributed by atoms with Crippen molar-refractivity contribution < 1.29 is 23.5 Å². The Labute approximate surface area is 198 Å². The normalized spacial score (nSPS) is 14.7. The largest absolute Gasteiger partial charge is 0.497 e. The zero-order valence-electron chi connectivity index (χ0n) is 18.3. The summed E-state index contributed by atoms with van der Waals surface area (Å²) in [6.07, 6.45) is -0.218. The third-order valence-electron chi connectivity index (χ3n) is 5.23. The number of carbonyl (C=O) groups is 2. The van der Waals surface area contributed by atoms with Gasteiger partial charge in [-0.1, -0.05) is 30.0 Å². The predicted octanol–water partition coefficient (Wildman–Crippen LogP) is 3.28. The lowest BCUT2D eigenvalue weighted by Gasteiger charge is -2.24. The van der Waals surface area contributed by atoms with Gasteiger partial charge in [0.25, 0.3) is 5.56 Å². The maximum atomic E-state index is 13.9. The number of carbonyl (C=O) groups excluding carboxylic acids is 2. The van der Waals surface area contributed by atoms with E-state index < -0.39 is 23.3 Å². The molecule has 1 atom stereocenters. The van der Waals surface area contributed by atoms with E-state index in [2.05, 4.69) is 20.6 Å². The molecule has 0 saturated heterocycles. The number of anilines is 2. The molecule has 176 valence electrons. The first kappa shape index (κ1) is 23.3. The second kappa shape index (κ2) is 9.96. The summed E-state index contributed by atoms with van der Waals surface area (Å²) < 4.78 is 24.3. The molecule has 0 unspecified atom stereocenters. The molecule has 34 heavy (non-hydrogen) atoms. The number of hydrogen-bond acceptors (Lipinski definition) is 7. The number of benzene rings is 2. The molecule has 9 nitrogen and oxygen atoms in total. The molecule has 2 aromatic carbocycles. The Morgan fingerprint density at radius 3 is 2.74 bits per heavy atom. The molecule has 0 bridgehead atoms. The second-order valence-electron chi connectivity index (χ2n) is 7.37. The van der Waals surface area contributed by atoms with E-state index in [0.29, 0.717) is 22.7 Å². The number of ether oxygens (including phenoxy) is 2. The molecule has 0 aliphatic carbocycles. The first-order valence-electron chi connectivity index (χ1n) is 10.2. The topological polar surface area (TPSA) is 122 Å². The summed E-state index contributed by atoms with van der Waals surface area (Å²) in [6, 6.07) is 11.1. The number of nitrogens with zero attached hydrogens (tertiary/aromatic N) is 1. The first-order chi connectivity index (χ1) is 16.4. The van der Waals surface area contributed by atoms with Crippen molar-refractivity contribution in [1.82, 2.24) is 9.97 Å². The SMILES string of the molecule is COc1ccc(NC(=O)[C@@H]2CC(=O)Nc3nc(SCc4ccccc4F)[nH]c(=O)c32)c(OC)c1. The minimum atomic E-state index is -1.06. The van der Waals surface area contributed by atoms with Gasteiger partial charge < -0.3 is 25.1 Å². The van der Waals surface area contributed by atoms with Gasteiger partial charge in [-0.2, -0.15) is 0 Å². The van der Waals surface area contributed by atoms with Gasteiger partial charge in [0.2, 0.25) is 11.8 Å². The number of nitrogens with one attached hydrogen (secondary N) is 3. The highest BCUT2D eigenvalue weighted by molar-refractivity contribution is 7.98. The van der Waals surface area contributed by atoms with Crippen LogP contribution in [0.1, 0.15) is 23.5 Å². The first-order valence-corrected chi connectivity index (χ1v) is 11.2. The average molecular weight is 485 g/mol. The maximum Gasteiger partial charge on any atom is 0.257 e. The van der Waals surface area contributed by atoms with Crippen molar-refractivity contribution in [1.29, 1.82) is 0 Å². The van der Waals surface area contributed by atoms with Gasteiger partial charge in [0.1, 0.15) is 23.1 Å². The fourth-order valence-corrected chi connectivity index (χ4v) is 4.37. The van der Waals surface area contributed by atoms with Crippen molar-refractivity contribution in [2.24, 2.45) is 0 Å². The molecular weight excluding hydrogens is 463 g/mol. The van der Waals surface area contributed by atoms with E-state index in [1.807, 2.05) is 0 Å². The van der Waals surface area contributed by atoms with Crippen LogP contribution in [0.3, 0.4) is 0 Å². The van der Waals surface area contributed by atoms with Crippen molar-refractivity contribution in [3.8, 4) is 11.5 Å². The molecule has 1 aliphatic heterocycles. The van der Waals surface area contributed by atoms with Crippen molar-refractivity contribution in [3.63, 3.8) is 0 Å². The zero-order chi connectivity index (χ0) is 24.2. The van der Waals surface area contributed by atoms with Gasteiger partial charge in [-0.25, -0.2) is 9.37 Å².